The summed E-state index contributed by atoms with van der Waals surface area (Å²) in [4.78, 5) is 23.4. The first-order chi connectivity index (χ1) is 13.6. The molecule has 29 heavy (non-hydrogen) atoms. The van der Waals surface area contributed by atoms with Crippen molar-refractivity contribution in [1.82, 2.24) is 0 Å². The molecule has 0 aromatic heterocycles. The van der Waals surface area contributed by atoms with Crippen LogP contribution in [0.2, 0.25) is 0 Å². The summed E-state index contributed by atoms with van der Waals surface area (Å²) in [7, 11) is 0. The number of hydrogen-bond acceptors (Lipinski definition) is 4. The summed E-state index contributed by atoms with van der Waals surface area (Å²) >= 11 is 0. The number of hydrogen-bond donors (Lipinski definition) is 0. The van der Waals surface area contributed by atoms with Crippen LogP contribution in [0.5, 0.6) is 0 Å². The van der Waals surface area contributed by atoms with E-state index in [4.69, 9.17) is 9.47 Å². The standard InChI is InChI=1S/C25H36O4/c1-8-28-24(27)21(5)29-23(26)17-19(3)12-9-11-18(2)14-15-22-20(4)13-10-16-25(22,6)7/h9,11-12,14-15,17,21H,8,10,13,16H2,1-7H3/b12-9+,15-14+,18-11+,19-17+/t21-/m0/s1. The smallest absolute Gasteiger partial charge is 0.347 e. The molecule has 0 aromatic rings. The van der Waals surface area contributed by atoms with Crippen molar-refractivity contribution in [2.75, 3.05) is 6.61 Å². The van der Waals surface area contributed by atoms with Crippen molar-refractivity contribution in [2.24, 2.45) is 5.41 Å². The van der Waals surface area contributed by atoms with Crippen LogP contribution in [-0.4, -0.2) is 24.6 Å². The van der Waals surface area contributed by atoms with E-state index in [2.05, 4.69) is 39.8 Å². The Hall–Kier alpha value is -2.36. The monoisotopic (exact) mass is 400 g/mol. The van der Waals surface area contributed by atoms with Gasteiger partial charge >= 0.3 is 11.9 Å². The van der Waals surface area contributed by atoms with E-state index in [9.17, 15) is 9.59 Å². The van der Waals surface area contributed by atoms with Crippen LogP contribution in [0.4, 0.5) is 0 Å². The number of esters is 2. The van der Waals surface area contributed by atoms with Gasteiger partial charge in [0.2, 0.25) is 0 Å². The Morgan fingerprint density at radius 1 is 1.17 bits per heavy atom. The summed E-state index contributed by atoms with van der Waals surface area (Å²) in [6.45, 7) is 14.2. The van der Waals surface area contributed by atoms with E-state index in [1.807, 2.05) is 25.2 Å². The predicted octanol–water partition coefficient (Wildman–Crippen LogP) is 6.01. The average Bonchev–Trinajstić information content (AvgIpc) is 2.60. The Bertz CT molecular complexity index is 745. The van der Waals surface area contributed by atoms with Crippen LogP contribution < -0.4 is 0 Å². The molecular weight excluding hydrogens is 364 g/mol. The van der Waals surface area contributed by atoms with Crippen molar-refractivity contribution >= 4 is 11.9 Å². The van der Waals surface area contributed by atoms with Crippen LogP contribution in [0.25, 0.3) is 0 Å². The van der Waals surface area contributed by atoms with E-state index < -0.39 is 18.0 Å². The summed E-state index contributed by atoms with van der Waals surface area (Å²) in [5.74, 6) is -1.10. The Morgan fingerprint density at radius 3 is 2.48 bits per heavy atom. The molecule has 4 heteroatoms. The second-order valence-corrected chi connectivity index (χ2v) is 8.25. The van der Waals surface area contributed by atoms with E-state index in [0.29, 0.717) is 0 Å². The van der Waals surface area contributed by atoms with Gasteiger partial charge in [0.15, 0.2) is 6.10 Å². The maximum atomic E-state index is 11.9. The highest BCUT2D eigenvalue weighted by molar-refractivity contribution is 5.86. The van der Waals surface area contributed by atoms with Gasteiger partial charge in [0.25, 0.3) is 0 Å². The molecule has 0 bridgehead atoms. The fourth-order valence-electron chi connectivity index (χ4n) is 3.38. The molecule has 0 N–H and O–H groups in total. The van der Waals surface area contributed by atoms with Gasteiger partial charge in [0.1, 0.15) is 0 Å². The normalized spacial score (nSPS) is 19.0. The van der Waals surface area contributed by atoms with Gasteiger partial charge < -0.3 is 9.47 Å². The Kier molecular flexibility index (Phi) is 9.87. The van der Waals surface area contributed by atoms with E-state index in [-0.39, 0.29) is 12.0 Å². The molecule has 0 fully saturated rings. The minimum Gasteiger partial charge on any atom is -0.463 e. The van der Waals surface area contributed by atoms with Gasteiger partial charge in [-0.15, -0.1) is 0 Å². The molecule has 0 saturated carbocycles. The van der Waals surface area contributed by atoms with Crippen molar-refractivity contribution in [3.05, 3.63) is 58.7 Å². The van der Waals surface area contributed by atoms with Gasteiger partial charge in [-0.2, -0.15) is 0 Å². The average molecular weight is 401 g/mol. The number of ether oxygens (including phenoxy) is 2. The topological polar surface area (TPSA) is 52.6 Å². The van der Waals surface area contributed by atoms with Crippen molar-refractivity contribution < 1.29 is 19.1 Å². The molecule has 0 spiro atoms. The third kappa shape index (κ3) is 8.68. The highest BCUT2D eigenvalue weighted by atomic mass is 16.6. The van der Waals surface area contributed by atoms with Crippen molar-refractivity contribution in [2.45, 2.75) is 73.8 Å². The summed E-state index contributed by atoms with van der Waals surface area (Å²) in [5, 5.41) is 0. The van der Waals surface area contributed by atoms with Gasteiger partial charge in [0, 0.05) is 6.08 Å². The van der Waals surface area contributed by atoms with Crippen LogP contribution in [0.15, 0.2) is 58.7 Å². The van der Waals surface area contributed by atoms with Crippen LogP contribution in [0, 0.1) is 5.41 Å². The highest BCUT2D eigenvalue weighted by Crippen LogP contribution is 2.40. The van der Waals surface area contributed by atoms with Gasteiger partial charge in [-0.05, 0) is 70.4 Å². The molecule has 0 aromatic carbocycles. The molecule has 0 heterocycles. The summed E-state index contributed by atoms with van der Waals surface area (Å²) in [5.41, 5.74) is 5.03. The lowest BCUT2D eigenvalue weighted by atomic mass is 9.72. The van der Waals surface area contributed by atoms with Crippen LogP contribution in [0.3, 0.4) is 0 Å². The Morgan fingerprint density at radius 2 is 1.86 bits per heavy atom. The van der Waals surface area contributed by atoms with E-state index in [0.717, 1.165) is 11.1 Å². The summed E-state index contributed by atoms with van der Waals surface area (Å²) < 4.78 is 9.86. The molecule has 4 nitrogen and oxygen atoms in total. The van der Waals surface area contributed by atoms with Crippen molar-refractivity contribution in [1.29, 1.82) is 0 Å². The van der Waals surface area contributed by atoms with Crippen LogP contribution in [-0.2, 0) is 19.1 Å². The zero-order chi connectivity index (χ0) is 22.0. The third-order valence-electron chi connectivity index (χ3n) is 5.03. The second-order valence-electron chi connectivity index (χ2n) is 8.25. The molecule has 1 aliphatic rings. The lowest BCUT2D eigenvalue weighted by Crippen LogP contribution is -2.25. The van der Waals surface area contributed by atoms with Crippen molar-refractivity contribution in [3.63, 3.8) is 0 Å². The fraction of sp³-hybridized carbons (Fsp3) is 0.520. The quantitative estimate of drug-likeness (QED) is 0.284. The largest absolute Gasteiger partial charge is 0.463 e. The van der Waals surface area contributed by atoms with E-state index >= 15 is 0 Å². The third-order valence-corrected chi connectivity index (χ3v) is 5.03. The fourth-order valence-corrected chi connectivity index (χ4v) is 3.38. The molecule has 1 rings (SSSR count). The van der Waals surface area contributed by atoms with Gasteiger partial charge in [0.05, 0.1) is 6.61 Å². The first kappa shape index (κ1) is 24.7. The molecule has 1 aliphatic carbocycles. The number of carbonyl (C=O) groups excluding carboxylic acids is 2. The molecular formula is C25H36O4. The van der Waals surface area contributed by atoms with E-state index in [1.54, 1.807) is 6.92 Å². The minimum absolute atomic E-state index is 0.231. The zero-order valence-corrected chi connectivity index (χ0v) is 19.0. The maximum absolute atomic E-state index is 11.9. The van der Waals surface area contributed by atoms with E-state index in [1.165, 1.54) is 43.4 Å². The molecule has 0 aliphatic heterocycles. The molecule has 1 atom stereocenters. The maximum Gasteiger partial charge on any atom is 0.347 e. The lowest BCUT2D eigenvalue weighted by Gasteiger charge is -2.32. The minimum atomic E-state index is -0.912. The SMILES string of the molecule is CCOC(=O)[C@H](C)OC(=O)/C=C(C)/C=C/C=C(C)/C=C/C1=C(C)CCCC1(C)C. The lowest BCUT2D eigenvalue weighted by molar-refractivity contribution is -0.163. The van der Waals surface area contributed by atoms with Gasteiger partial charge in [-0.1, -0.05) is 55.4 Å². The highest BCUT2D eigenvalue weighted by Gasteiger charge is 2.26. The molecule has 160 valence electrons. The molecule has 0 saturated heterocycles. The second kappa shape index (κ2) is 11.6. The molecule has 0 amide bonds. The van der Waals surface area contributed by atoms with Crippen molar-refractivity contribution in [3.8, 4) is 0 Å². The van der Waals surface area contributed by atoms with Gasteiger partial charge in [-0.25, -0.2) is 9.59 Å². The number of carbonyl (C=O) groups is 2. The predicted molar refractivity (Wildman–Crippen MR) is 118 cm³/mol. The zero-order valence-electron chi connectivity index (χ0n) is 19.0. The summed E-state index contributed by atoms with van der Waals surface area (Å²) in [6.07, 6.45) is 14.3. The Balaban J connectivity index is 2.68. The van der Waals surface area contributed by atoms with Gasteiger partial charge in [-0.3, -0.25) is 0 Å². The Labute approximate surface area is 176 Å². The summed E-state index contributed by atoms with van der Waals surface area (Å²) in [6, 6.07) is 0. The molecule has 0 unspecified atom stereocenters. The molecule has 0 radical (unpaired) electrons. The number of allylic oxidation sites excluding steroid dienone is 9. The first-order valence-corrected chi connectivity index (χ1v) is 10.4. The van der Waals surface area contributed by atoms with Crippen LogP contribution in [0.1, 0.15) is 67.7 Å². The number of rotatable bonds is 8. The van der Waals surface area contributed by atoms with Crippen LogP contribution >= 0.6 is 0 Å². The first-order valence-electron chi connectivity index (χ1n) is 10.4.